The van der Waals surface area contributed by atoms with Crippen LogP contribution in [-0.2, 0) is 4.74 Å². The summed E-state index contributed by atoms with van der Waals surface area (Å²) in [5.74, 6) is 1.67. The summed E-state index contributed by atoms with van der Waals surface area (Å²) in [5.41, 5.74) is 2.18. The summed E-state index contributed by atoms with van der Waals surface area (Å²) in [6.45, 7) is 4.69. The van der Waals surface area contributed by atoms with Crippen molar-refractivity contribution in [2.45, 2.75) is 25.9 Å². The van der Waals surface area contributed by atoms with E-state index in [-0.39, 0.29) is 12.1 Å². The van der Waals surface area contributed by atoms with Crippen LogP contribution in [0, 0.1) is 6.92 Å². The first-order chi connectivity index (χ1) is 11.7. The quantitative estimate of drug-likeness (QED) is 0.722. The van der Waals surface area contributed by atoms with Crippen molar-refractivity contribution in [2.24, 2.45) is 0 Å². The van der Waals surface area contributed by atoms with Gasteiger partial charge in [-0.3, -0.25) is 5.32 Å². The lowest BCUT2D eigenvalue weighted by Gasteiger charge is -2.21. The molecule has 6 heteroatoms. The van der Waals surface area contributed by atoms with E-state index in [1.807, 2.05) is 48.1 Å². The van der Waals surface area contributed by atoms with Gasteiger partial charge in [-0.1, -0.05) is 6.07 Å². The van der Waals surface area contributed by atoms with Gasteiger partial charge < -0.3 is 9.15 Å². The number of furan rings is 1. The number of hydrogen-bond donors (Lipinski definition) is 1. The second-order valence-electron chi connectivity index (χ2n) is 5.70. The van der Waals surface area contributed by atoms with Gasteiger partial charge in [-0.2, -0.15) is 5.10 Å². The molecule has 0 spiro atoms. The maximum Gasteiger partial charge on any atom is 0.153 e. The van der Waals surface area contributed by atoms with E-state index in [1.54, 1.807) is 19.6 Å². The van der Waals surface area contributed by atoms with Gasteiger partial charge in [-0.25, -0.2) is 9.67 Å². The Bertz CT molecular complexity index is 753. The van der Waals surface area contributed by atoms with E-state index in [0.717, 1.165) is 22.8 Å². The number of nitrogens with one attached hydrogen (secondary N) is 1. The van der Waals surface area contributed by atoms with Gasteiger partial charge in [0.15, 0.2) is 5.82 Å². The van der Waals surface area contributed by atoms with Crippen LogP contribution >= 0.6 is 0 Å². The Morgan fingerprint density at radius 1 is 1.29 bits per heavy atom. The average Bonchev–Trinajstić information content (AvgIpc) is 3.25. The molecule has 0 amide bonds. The van der Waals surface area contributed by atoms with Gasteiger partial charge in [0, 0.05) is 30.6 Å². The van der Waals surface area contributed by atoms with E-state index in [0.29, 0.717) is 6.61 Å². The lowest BCUT2D eigenvalue weighted by Crippen LogP contribution is -2.28. The summed E-state index contributed by atoms with van der Waals surface area (Å²) in [4.78, 5) is 4.36. The molecule has 0 aromatic carbocycles. The van der Waals surface area contributed by atoms with Crippen molar-refractivity contribution >= 4 is 0 Å². The fourth-order valence-corrected chi connectivity index (χ4v) is 2.82. The number of hydrogen-bond acceptors (Lipinski definition) is 5. The Balaban J connectivity index is 1.80. The molecule has 0 aliphatic rings. The van der Waals surface area contributed by atoms with Crippen molar-refractivity contribution < 1.29 is 9.15 Å². The van der Waals surface area contributed by atoms with Gasteiger partial charge in [0.2, 0.25) is 0 Å². The van der Waals surface area contributed by atoms with Crippen LogP contribution in [0.15, 0.2) is 53.4 Å². The van der Waals surface area contributed by atoms with Gasteiger partial charge in [0.25, 0.3) is 0 Å². The monoisotopic (exact) mass is 326 g/mol. The van der Waals surface area contributed by atoms with E-state index in [2.05, 4.69) is 22.3 Å². The molecule has 0 radical (unpaired) electrons. The van der Waals surface area contributed by atoms with E-state index < -0.39 is 0 Å². The molecule has 0 aliphatic carbocycles. The normalized spacial score (nSPS) is 13.8. The zero-order valence-corrected chi connectivity index (χ0v) is 14.1. The molecule has 0 saturated carbocycles. The molecule has 3 rings (SSSR count). The van der Waals surface area contributed by atoms with Gasteiger partial charge in [0.05, 0.1) is 25.1 Å². The van der Waals surface area contributed by atoms with Crippen molar-refractivity contribution in [1.82, 2.24) is 20.1 Å². The third-order valence-corrected chi connectivity index (χ3v) is 4.05. The molecule has 3 aromatic rings. The Morgan fingerprint density at radius 2 is 2.17 bits per heavy atom. The van der Waals surface area contributed by atoms with Crippen LogP contribution in [0.5, 0.6) is 0 Å². The number of aromatic nitrogens is 3. The van der Waals surface area contributed by atoms with E-state index in [4.69, 9.17) is 9.15 Å². The highest BCUT2D eigenvalue weighted by Crippen LogP contribution is 2.23. The smallest absolute Gasteiger partial charge is 0.153 e. The fourth-order valence-electron chi connectivity index (χ4n) is 2.82. The summed E-state index contributed by atoms with van der Waals surface area (Å²) in [6.07, 6.45) is 5.33. The van der Waals surface area contributed by atoms with E-state index in [1.165, 1.54) is 0 Å². The lowest BCUT2D eigenvalue weighted by atomic mass is 10.1. The first-order valence-corrected chi connectivity index (χ1v) is 7.95. The van der Waals surface area contributed by atoms with Crippen molar-refractivity contribution in [3.63, 3.8) is 0 Å². The SMILES string of the molecule is COC[C@@H](N[C@@H](C)c1cnn(-c2ccccn2)c1C)c1ccco1. The summed E-state index contributed by atoms with van der Waals surface area (Å²) in [5, 5.41) is 8.03. The predicted molar refractivity (Wildman–Crippen MR) is 91.0 cm³/mol. The van der Waals surface area contributed by atoms with E-state index in [9.17, 15) is 0 Å². The third-order valence-electron chi connectivity index (χ3n) is 4.05. The largest absolute Gasteiger partial charge is 0.468 e. The maximum atomic E-state index is 5.52. The molecule has 0 fully saturated rings. The Morgan fingerprint density at radius 3 is 2.83 bits per heavy atom. The number of methoxy groups -OCH3 is 1. The zero-order valence-electron chi connectivity index (χ0n) is 14.1. The van der Waals surface area contributed by atoms with Crippen molar-refractivity contribution in [1.29, 1.82) is 0 Å². The van der Waals surface area contributed by atoms with Crippen LogP contribution in [0.2, 0.25) is 0 Å². The van der Waals surface area contributed by atoms with Crippen molar-refractivity contribution in [3.8, 4) is 5.82 Å². The summed E-state index contributed by atoms with van der Waals surface area (Å²) >= 11 is 0. The molecule has 0 saturated heterocycles. The molecule has 3 aromatic heterocycles. The number of pyridine rings is 1. The second-order valence-corrected chi connectivity index (χ2v) is 5.70. The number of ether oxygens (including phenoxy) is 1. The molecule has 0 unspecified atom stereocenters. The topological polar surface area (TPSA) is 65.1 Å². The van der Waals surface area contributed by atoms with Gasteiger partial charge in [-0.05, 0) is 38.1 Å². The molecular formula is C18H22N4O2. The molecular weight excluding hydrogens is 304 g/mol. The van der Waals surface area contributed by atoms with Gasteiger partial charge in [0.1, 0.15) is 5.76 Å². The van der Waals surface area contributed by atoms with Crippen LogP contribution in [-0.4, -0.2) is 28.5 Å². The molecule has 6 nitrogen and oxygen atoms in total. The summed E-state index contributed by atoms with van der Waals surface area (Å²) in [6, 6.07) is 9.70. The van der Waals surface area contributed by atoms with Crippen LogP contribution in [0.25, 0.3) is 5.82 Å². The highest BCUT2D eigenvalue weighted by atomic mass is 16.5. The maximum absolute atomic E-state index is 5.52. The zero-order chi connectivity index (χ0) is 16.9. The summed E-state index contributed by atoms with van der Waals surface area (Å²) in [7, 11) is 1.69. The number of rotatable bonds is 7. The Labute approximate surface area is 141 Å². The molecule has 126 valence electrons. The fraction of sp³-hybridized carbons (Fsp3) is 0.333. The number of nitrogens with zero attached hydrogens (tertiary/aromatic N) is 3. The highest BCUT2D eigenvalue weighted by molar-refractivity contribution is 5.29. The standard InChI is InChI=1S/C18H22N4O2/c1-13(21-16(12-23-3)17-7-6-10-24-17)15-11-20-22(14(15)2)18-8-4-5-9-19-18/h4-11,13,16,21H,12H2,1-3H3/t13-,16+/m0/s1. The third kappa shape index (κ3) is 3.39. The minimum atomic E-state index is -0.0161. The minimum Gasteiger partial charge on any atom is -0.468 e. The first kappa shape index (κ1) is 16.4. The molecule has 0 aliphatic heterocycles. The molecule has 3 heterocycles. The molecule has 0 bridgehead atoms. The van der Waals surface area contributed by atoms with Crippen molar-refractivity contribution in [3.05, 3.63) is 66.0 Å². The lowest BCUT2D eigenvalue weighted by molar-refractivity contribution is 0.152. The van der Waals surface area contributed by atoms with Crippen LogP contribution in [0.4, 0.5) is 0 Å². The van der Waals surface area contributed by atoms with Crippen LogP contribution in [0.1, 0.15) is 36.0 Å². The van der Waals surface area contributed by atoms with Crippen molar-refractivity contribution in [2.75, 3.05) is 13.7 Å². The minimum absolute atomic E-state index is 0.0161. The second kappa shape index (κ2) is 7.42. The van der Waals surface area contributed by atoms with E-state index >= 15 is 0 Å². The Kier molecular flexibility index (Phi) is 5.08. The summed E-state index contributed by atoms with van der Waals surface area (Å²) < 4.78 is 12.7. The highest BCUT2D eigenvalue weighted by Gasteiger charge is 2.21. The van der Waals surface area contributed by atoms with Crippen LogP contribution in [0.3, 0.4) is 0 Å². The Hall–Kier alpha value is -2.44. The molecule has 1 N–H and O–H groups in total. The first-order valence-electron chi connectivity index (χ1n) is 7.95. The van der Waals surface area contributed by atoms with Gasteiger partial charge >= 0.3 is 0 Å². The van der Waals surface area contributed by atoms with Gasteiger partial charge in [-0.15, -0.1) is 0 Å². The average molecular weight is 326 g/mol. The molecule has 2 atom stereocenters. The predicted octanol–water partition coefficient (Wildman–Crippen LogP) is 3.21. The van der Waals surface area contributed by atoms with Crippen LogP contribution < -0.4 is 5.32 Å². The molecule has 24 heavy (non-hydrogen) atoms.